The lowest BCUT2D eigenvalue weighted by Gasteiger charge is -2.44. The quantitative estimate of drug-likeness (QED) is 0.710. The average Bonchev–Trinajstić information content (AvgIpc) is 2.14. The lowest BCUT2D eigenvalue weighted by atomic mass is 9.85. The molecular formula is C12H26N2. The van der Waals surface area contributed by atoms with Gasteiger partial charge in [-0.25, -0.2) is 0 Å². The third-order valence-corrected chi connectivity index (χ3v) is 3.55. The second-order valence-corrected chi connectivity index (χ2v) is 4.73. The van der Waals surface area contributed by atoms with Gasteiger partial charge in [0.2, 0.25) is 0 Å². The minimum absolute atomic E-state index is 0.480. The molecule has 1 fully saturated rings. The monoisotopic (exact) mass is 198 g/mol. The molecule has 84 valence electrons. The Morgan fingerprint density at radius 2 is 2.00 bits per heavy atom. The first-order chi connectivity index (χ1) is 6.69. The Hall–Kier alpha value is -0.0800. The molecular weight excluding hydrogens is 172 g/mol. The van der Waals surface area contributed by atoms with Crippen molar-refractivity contribution in [2.45, 2.75) is 71.0 Å². The first-order valence-electron chi connectivity index (χ1n) is 6.20. The van der Waals surface area contributed by atoms with Gasteiger partial charge in [0, 0.05) is 18.1 Å². The van der Waals surface area contributed by atoms with Crippen molar-refractivity contribution < 1.29 is 0 Å². The van der Waals surface area contributed by atoms with Crippen LogP contribution in [0.15, 0.2) is 0 Å². The fourth-order valence-corrected chi connectivity index (χ4v) is 2.24. The number of hydrogen-bond donors (Lipinski definition) is 1. The smallest absolute Gasteiger partial charge is 0.0127 e. The number of hydrogen-bond acceptors (Lipinski definition) is 2. The molecule has 0 aromatic rings. The third-order valence-electron chi connectivity index (χ3n) is 3.55. The molecule has 0 heterocycles. The maximum Gasteiger partial charge on any atom is 0.0127 e. The standard InChI is InChI=1S/C12H26N2/c1-4-6-7-14(10(3)5-2)12-8-11(13)9-12/h10-12H,4-9,13H2,1-3H3. The van der Waals surface area contributed by atoms with Crippen LogP contribution in [0.25, 0.3) is 0 Å². The van der Waals surface area contributed by atoms with Gasteiger partial charge in [-0.15, -0.1) is 0 Å². The van der Waals surface area contributed by atoms with Gasteiger partial charge in [0.15, 0.2) is 0 Å². The van der Waals surface area contributed by atoms with E-state index in [9.17, 15) is 0 Å². The van der Waals surface area contributed by atoms with Gasteiger partial charge >= 0.3 is 0 Å². The second kappa shape index (κ2) is 5.72. The van der Waals surface area contributed by atoms with Crippen LogP contribution in [-0.2, 0) is 0 Å². The summed E-state index contributed by atoms with van der Waals surface area (Å²) in [6.07, 6.45) is 6.32. The van der Waals surface area contributed by atoms with Gasteiger partial charge in [-0.2, -0.15) is 0 Å². The summed E-state index contributed by atoms with van der Waals surface area (Å²) in [5, 5.41) is 0. The molecule has 0 aromatic heterocycles. The molecule has 0 aromatic carbocycles. The Morgan fingerprint density at radius 3 is 2.43 bits per heavy atom. The Labute approximate surface area is 88.8 Å². The molecule has 1 aliphatic rings. The molecule has 2 nitrogen and oxygen atoms in total. The lowest BCUT2D eigenvalue weighted by molar-refractivity contribution is 0.0705. The summed E-state index contributed by atoms with van der Waals surface area (Å²) in [7, 11) is 0. The van der Waals surface area contributed by atoms with Crippen molar-refractivity contribution in [1.82, 2.24) is 4.90 Å². The third kappa shape index (κ3) is 2.96. The van der Waals surface area contributed by atoms with Crippen LogP contribution in [0.4, 0.5) is 0 Å². The van der Waals surface area contributed by atoms with Crippen LogP contribution in [0.2, 0.25) is 0 Å². The van der Waals surface area contributed by atoms with E-state index in [1.165, 1.54) is 38.6 Å². The Bertz CT molecular complexity index is 152. The predicted octanol–water partition coefficient (Wildman–Crippen LogP) is 2.38. The zero-order valence-electron chi connectivity index (χ0n) is 10.00. The van der Waals surface area contributed by atoms with Crippen molar-refractivity contribution in [3.05, 3.63) is 0 Å². The molecule has 1 saturated carbocycles. The highest BCUT2D eigenvalue weighted by Gasteiger charge is 2.32. The van der Waals surface area contributed by atoms with Crippen molar-refractivity contribution in [3.8, 4) is 0 Å². The number of rotatable bonds is 6. The van der Waals surface area contributed by atoms with Gasteiger partial charge in [-0.05, 0) is 39.2 Å². The van der Waals surface area contributed by atoms with Gasteiger partial charge in [-0.3, -0.25) is 4.90 Å². The van der Waals surface area contributed by atoms with Crippen LogP contribution in [0.5, 0.6) is 0 Å². The van der Waals surface area contributed by atoms with Crippen LogP contribution >= 0.6 is 0 Å². The summed E-state index contributed by atoms with van der Waals surface area (Å²) in [6.45, 7) is 8.16. The van der Waals surface area contributed by atoms with Gasteiger partial charge < -0.3 is 5.73 Å². The SMILES string of the molecule is CCCCN(C(C)CC)C1CC(N)C1. The van der Waals surface area contributed by atoms with Gasteiger partial charge in [-0.1, -0.05) is 20.3 Å². The number of unbranched alkanes of at least 4 members (excludes halogenated alkanes) is 1. The first-order valence-corrected chi connectivity index (χ1v) is 6.20. The van der Waals surface area contributed by atoms with Crippen LogP contribution in [0, 0.1) is 0 Å². The summed E-state index contributed by atoms with van der Waals surface area (Å²) in [6, 6.07) is 2.00. The first kappa shape index (κ1) is 12.0. The van der Waals surface area contributed by atoms with Gasteiger partial charge in [0.05, 0.1) is 0 Å². The predicted molar refractivity (Wildman–Crippen MR) is 62.4 cm³/mol. The highest BCUT2D eigenvalue weighted by atomic mass is 15.2. The lowest BCUT2D eigenvalue weighted by Crippen LogP contribution is -2.53. The summed E-state index contributed by atoms with van der Waals surface area (Å²) < 4.78 is 0. The van der Waals surface area contributed by atoms with E-state index in [0.29, 0.717) is 6.04 Å². The van der Waals surface area contributed by atoms with E-state index in [4.69, 9.17) is 5.73 Å². The summed E-state index contributed by atoms with van der Waals surface area (Å²) in [5.41, 5.74) is 5.85. The van der Waals surface area contributed by atoms with E-state index >= 15 is 0 Å². The second-order valence-electron chi connectivity index (χ2n) is 4.73. The Balaban J connectivity index is 2.36. The van der Waals surface area contributed by atoms with Crippen LogP contribution in [0.1, 0.15) is 52.9 Å². The summed E-state index contributed by atoms with van der Waals surface area (Å²) in [5.74, 6) is 0. The molecule has 2 heteroatoms. The number of nitrogens with two attached hydrogens (primary N) is 1. The van der Waals surface area contributed by atoms with Gasteiger partial charge in [0.25, 0.3) is 0 Å². The van der Waals surface area contributed by atoms with Crippen LogP contribution in [0.3, 0.4) is 0 Å². The van der Waals surface area contributed by atoms with E-state index in [-0.39, 0.29) is 0 Å². The van der Waals surface area contributed by atoms with Crippen molar-refractivity contribution in [3.63, 3.8) is 0 Å². The molecule has 2 N–H and O–H groups in total. The molecule has 1 atom stereocenters. The minimum Gasteiger partial charge on any atom is -0.328 e. The minimum atomic E-state index is 0.480. The van der Waals surface area contributed by atoms with Crippen molar-refractivity contribution in [2.24, 2.45) is 5.73 Å². The molecule has 0 spiro atoms. The Morgan fingerprint density at radius 1 is 1.36 bits per heavy atom. The van der Waals surface area contributed by atoms with Crippen LogP contribution < -0.4 is 5.73 Å². The fraction of sp³-hybridized carbons (Fsp3) is 1.00. The molecule has 0 radical (unpaired) electrons. The highest BCUT2D eigenvalue weighted by Crippen LogP contribution is 2.26. The van der Waals surface area contributed by atoms with E-state index in [2.05, 4.69) is 25.7 Å². The van der Waals surface area contributed by atoms with E-state index in [0.717, 1.165) is 12.1 Å². The zero-order chi connectivity index (χ0) is 10.6. The molecule has 0 saturated heterocycles. The van der Waals surface area contributed by atoms with Gasteiger partial charge in [0.1, 0.15) is 0 Å². The highest BCUT2D eigenvalue weighted by molar-refractivity contribution is 4.91. The largest absolute Gasteiger partial charge is 0.328 e. The molecule has 14 heavy (non-hydrogen) atoms. The van der Waals surface area contributed by atoms with Crippen molar-refractivity contribution >= 4 is 0 Å². The molecule has 1 aliphatic carbocycles. The molecule has 0 bridgehead atoms. The summed E-state index contributed by atoms with van der Waals surface area (Å²) >= 11 is 0. The van der Waals surface area contributed by atoms with Crippen molar-refractivity contribution in [1.29, 1.82) is 0 Å². The maximum absolute atomic E-state index is 5.85. The normalized spacial score (nSPS) is 28.9. The fourth-order valence-electron chi connectivity index (χ4n) is 2.24. The molecule has 1 rings (SSSR count). The van der Waals surface area contributed by atoms with Crippen LogP contribution in [-0.4, -0.2) is 29.6 Å². The average molecular weight is 198 g/mol. The Kier molecular flexibility index (Phi) is 4.90. The number of nitrogens with zero attached hydrogens (tertiary/aromatic N) is 1. The summed E-state index contributed by atoms with van der Waals surface area (Å²) in [4.78, 5) is 2.67. The topological polar surface area (TPSA) is 29.3 Å². The molecule has 1 unspecified atom stereocenters. The van der Waals surface area contributed by atoms with E-state index in [1.54, 1.807) is 0 Å². The maximum atomic E-state index is 5.85. The molecule has 0 amide bonds. The van der Waals surface area contributed by atoms with E-state index in [1.807, 2.05) is 0 Å². The molecule has 0 aliphatic heterocycles. The van der Waals surface area contributed by atoms with E-state index < -0.39 is 0 Å². The zero-order valence-corrected chi connectivity index (χ0v) is 10.00. The van der Waals surface area contributed by atoms with Crippen molar-refractivity contribution in [2.75, 3.05) is 6.54 Å².